The third kappa shape index (κ3) is 4.04. The number of likely N-dealkylation sites (tertiary alicyclic amines) is 2. The summed E-state index contributed by atoms with van der Waals surface area (Å²) in [5, 5.41) is 0. The van der Waals surface area contributed by atoms with Crippen LogP contribution in [0.15, 0.2) is 36.7 Å². The fourth-order valence-corrected chi connectivity index (χ4v) is 4.60. The van der Waals surface area contributed by atoms with Crippen LogP contribution < -0.4 is 0 Å². The summed E-state index contributed by atoms with van der Waals surface area (Å²) < 4.78 is 27.2. The zero-order valence-corrected chi connectivity index (χ0v) is 15.8. The maximum Gasteiger partial charge on any atom is 0.275 e. The predicted molar refractivity (Wildman–Crippen MR) is 100 cm³/mol. The Morgan fingerprint density at radius 1 is 1.11 bits per heavy atom. The number of hydrogen-bond acceptors (Lipinski definition) is 4. The molecular formula is C21H24F2N4O. The van der Waals surface area contributed by atoms with Crippen LogP contribution in [-0.4, -0.2) is 51.9 Å². The Bertz CT molecular complexity index is 844. The van der Waals surface area contributed by atoms with Crippen molar-refractivity contribution in [3.05, 3.63) is 59.7 Å². The number of hydrogen-bond donors (Lipinski definition) is 0. The number of pyridine rings is 2. The average molecular weight is 386 g/mol. The van der Waals surface area contributed by atoms with Gasteiger partial charge in [0.05, 0.1) is 11.9 Å². The van der Waals surface area contributed by atoms with E-state index in [9.17, 15) is 13.6 Å². The molecule has 2 fully saturated rings. The Morgan fingerprint density at radius 2 is 1.93 bits per heavy atom. The molecule has 148 valence electrons. The SMILES string of the molecule is O=C(c1ncc(F)cc1F)N1CCCC2(CCCN(Cc3ccccn3)C2)C1. The standard InChI is InChI=1S/C21H24F2N4O/c22-16-11-18(23)19(25-12-16)20(28)27-10-4-7-21(15-27)6-3-9-26(14-21)13-17-5-1-2-8-24-17/h1-2,5,8,11-12H,3-4,6-7,9-10,13-15H2. The molecule has 7 heteroatoms. The van der Waals surface area contributed by atoms with Crippen molar-refractivity contribution in [1.29, 1.82) is 0 Å². The topological polar surface area (TPSA) is 49.3 Å². The van der Waals surface area contributed by atoms with Crippen molar-refractivity contribution in [2.24, 2.45) is 5.41 Å². The van der Waals surface area contributed by atoms with Gasteiger partial charge in [-0.3, -0.25) is 14.7 Å². The fraction of sp³-hybridized carbons (Fsp3) is 0.476. The molecule has 1 unspecified atom stereocenters. The van der Waals surface area contributed by atoms with E-state index in [1.807, 2.05) is 18.2 Å². The molecule has 0 radical (unpaired) electrons. The molecule has 0 bridgehead atoms. The third-order valence-corrected chi connectivity index (χ3v) is 5.81. The highest BCUT2D eigenvalue weighted by Gasteiger charge is 2.41. The number of carbonyl (C=O) groups is 1. The Hall–Kier alpha value is -2.41. The number of carbonyl (C=O) groups excluding carboxylic acids is 1. The van der Waals surface area contributed by atoms with Crippen molar-refractivity contribution in [2.75, 3.05) is 26.2 Å². The van der Waals surface area contributed by atoms with Gasteiger partial charge in [-0.2, -0.15) is 0 Å². The van der Waals surface area contributed by atoms with Crippen molar-refractivity contribution >= 4 is 5.91 Å². The normalized spacial score (nSPS) is 23.1. The van der Waals surface area contributed by atoms with E-state index >= 15 is 0 Å². The van der Waals surface area contributed by atoms with Crippen LogP contribution in [-0.2, 0) is 6.54 Å². The van der Waals surface area contributed by atoms with Gasteiger partial charge in [0.2, 0.25) is 0 Å². The molecule has 4 heterocycles. The van der Waals surface area contributed by atoms with Crippen molar-refractivity contribution in [2.45, 2.75) is 32.2 Å². The molecule has 2 saturated heterocycles. The van der Waals surface area contributed by atoms with Crippen molar-refractivity contribution in [3.63, 3.8) is 0 Å². The molecule has 2 aromatic heterocycles. The van der Waals surface area contributed by atoms with E-state index in [1.54, 1.807) is 11.1 Å². The minimum absolute atomic E-state index is 0.0114. The monoisotopic (exact) mass is 386 g/mol. The van der Waals surface area contributed by atoms with Crippen LogP contribution in [0, 0.1) is 17.0 Å². The van der Waals surface area contributed by atoms with Crippen LogP contribution in [0.4, 0.5) is 8.78 Å². The molecule has 5 nitrogen and oxygen atoms in total. The third-order valence-electron chi connectivity index (χ3n) is 5.81. The summed E-state index contributed by atoms with van der Waals surface area (Å²) in [7, 11) is 0. The van der Waals surface area contributed by atoms with Crippen LogP contribution in [0.25, 0.3) is 0 Å². The molecule has 1 atom stereocenters. The fourth-order valence-electron chi connectivity index (χ4n) is 4.60. The van der Waals surface area contributed by atoms with Gasteiger partial charge in [0.1, 0.15) is 5.82 Å². The van der Waals surface area contributed by atoms with Gasteiger partial charge in [0, 0.05) is 43.9 Å². The van der Waals surface area contributed by atoms with Crippen LogP contribution in [0.5, 0.6) is 0 Å². The summed E-state index contributed by atoms with van der Waals surface area (Å²) in [4.78, 5) is 25.0. The van der Waals surface area contributed by atoms with E-state index in [0.29, 0.717) is 13.1 Å². The molecule has 2 aliphatic rings. The van der Waals surface area contributed by atoms with Crippen molar-refractivity contribution in [1.82, 2.24) is 19.8 Å². The zero-order chi connectivity index (χ0) is 19.6. The number of rotatable bonds is 3. The van der Waals surface area contributed by atoms with Gasteiger partial charge in [-0.1, -0.05) is 6.07 Å². The summed E-state index contributed by atoms with van der Waals surface area (Å²) in [6.45, 7) is 3.88. The molecule has 0 N–H and O–H groups in total. The minimum Gasteiger partial charge on any atom is -0.337 e. The summed E-state index contributed by atoms with van der Waals surface area (Å²) in [5.74, 6) is -2.12. The van der Waals surface area contributed by atoms with Gasteiger partial charge in [-0.15, -0.1) is 0 Å². The largest absolute Gasteiger partial charge is 0.337 e. The first-order chi connectivity index (χ1) is 13.5. The Kier molecular flexibility index (Phi) is 5.35. The predicted octanol–water partition coefficient (Wildman–Crippen LogP) is 3.27. The van der Waals surface area contributed by atoms with E-state index < -0.39 is 17.5 Å². The van der Waals surface area contributed by atoms with E-state index in [2.05, 4.69) is 14.9 Å². The first-order valence-electron chi connectivity index (χ1n) is 9.77. The number of aromatic nitrogens is 2. The van der Waals surface area contributed by atoms with Crippen LogP contribution in [0.3, 0.4) is 0 Å². The second-order valence-corrected chi connectivity index (χ2v) is 7.95. The highest BCUT2D eigenvalue weighted by atomic mass is 19.1. The van der Waals surface area contributed by atoms with E-state index in [4.69, 9.17) is 0 Å². The molecule has 0 saturated carbocycles. The molecule has 2 aromatic rings. The molecule has 1 spiro atoms. The van der Waals surface area contributed by atoms with E-state index in [1.165, 1.54) is 0 Å². The molecule has 1 amide bonds. The smallest absolute Gasteiger partial charge is 0.275 e. The molecule has 0 aliphatic carbocycles. The summed E-state index contributed by atoms with van der Waals surface area (Å²) >= 11 is 0. The highest BCUT2D eigenvalue weighted by Crippen LogP contribution is 2.39. The lowest BCUT2D eigenvalue weighted by molar-refractivity contribution is 0.0105. The summed E-state index contributed by atoms with van der Waals surface area (Å²) in [6, 6.07) is 6.65. The number of piperidine rings is 2. The molecule has 0 aromatic carbocycles. The lowest BCUT2D eigenvalue weighted by Gasteiger charge is -2.48. The van der Waals surface area contributed by atoms with Gasteiger partial charge in [0.15, 0.2) is 11.5 Å². The molecule has 2 aliphatic heterocycles. The molecule has 28 heavy (non-hydrogen) atoms. The van der Waals surface area contributed by atoms with Gasteiger partial charge >= 0.3 is 0 Å². The van der Waals surface area contributed by atoms with E-state index in [-0.39, 0.29) is 11.1 Å². The Balaban J connectivity index is 1.46. The quantitative estimate of drug-likeness (QED) is 0.812. The minimum atomic E-state index is -0.898. The van der Waals surface area contributed by atoms with Crippen molar-refractivity contribution in [3.8, 4) is 0 Å². The van der Waals surface area contributed by atoms with Gasteiger partial charge in [0.25, 0.3) is 5.91 Å². The van der Waals surface area contributed by atoms with Crippen molar-refractivity contribution < 1.29 is 13.6 Å². The van der Waals surface area contributed by atoms with Gasteiger partial charge < -0.3 is 4.90 Å². The highest BCUT2D eigenvalue weighted by molar-refractivity contribution is 5.92. The first kappa shape index (κ1) is 18.9. The maximum atomic E-state index is 14.0. The number of amides is 1. The maximum absolute atomic E-state index is 14.0. The average Bonchev–Trinajstić information content (AvgIpc) is 2.68. The second-order valence-electron chi connectivity index (χ2n) is 7.95. The zero-order valence-electron chi connectivity index (χ0n) is 15.8. The lowest BCUT2D eigenvalue weighted by atomic mass is 9.73. The summed E-state index contributed by atoms with van der Waals surface area (Å²) in [5.41, 5.74) is 0.762. The van der Waals surface area contributed by atoms with Crippen LogP contribution >= 0.6 is 0 Å². The Morgan fingerprint density at radius 3 is 2.68 bits per heavy atom. The second kappa shape index (κ2) is 7.91. The van der Waals surface area contributed by atoms with Gasteiger partial charge in [-0.25, -0.2) is 13.8 Å². The Labute approximate surface area is 163 Å². The van der Waals surface area contributed by atoms with E-state index in [0.717, 1.165) is 63.3 Å². The van der Waals surface area contributed by atoms with Gasteiger partial charge in [-0.05, 0) is 44.4 Å². The first-order valence-corrected chi connectivity index (χ1v) is 9.77. The molecular weight excluding hydrogens is 362 g/mol. The number of nitrogens with zero attached hydrogens (tertiary/aromatic N) is 4. The van der Waals surface area contributed by atoms with Crippen LogP contribution in [0.2, 0.25) is 0 Å². The number of halogens is 2. The summed E-state index contributed by atoms with van der Waals surface area (Å²) in [6.07, 6.45) is 6.75. The lowest BCUT2D eigenvalue weighted by Crippen LogP contribution is -2.53. The molecule has 4 rings (SSSR count). The van der Waals surface area contributed by atoms with Crippen LogP contribution in [0.1, 0.15) is 41.9 Å².